The zero-order chi connectivity index (χ0) is 32.6. The van der Waals surface area contributed by atoms with Gasteiger partial charge in [-0.2, -0.15) is 0 Å². The van der Waals surface area contributed by atoms with Crippen LogP contribution >= 0.6 is 0 Å². The molecule has 0 aromatic heterocycles. The van der Waals surface area contributed by atoms with Crippen LogP contribution < -0.4 is 4.90 Å². The predicted octanol–water partition coefficient (Wildman–Crippen LogP) is 13.6. The van der Waals surface area contributed by atoms with Crippen molar-refractivity contribution in [2.24, 2.45) is 0 Å². The van der Waals surface area contributed by atoms with Crippen LogP contribution in [0.5, 0.6) is 0 Å². The number of para-hydroxylation sites is 1. The molecule has 0 heterocycles. The van der Waals surface area contributed by atoms with Crippen LogP contribution in [0.25, 0.3) is 65.7 Å². The van der Waals surface area contributed by atoms with Crippen molar-refractivity contribution < 1.29 is 0 Å². The van der Waals surface area contributed by atoms with Crippen LogP contribution in [-0.4, -0.2) is 0 Å². The molecule has 0 aliphatic rings. The maximum Gasteiger partial charge on any atom is 0.0462 e. The van der Waals surface area contributed by atoms with Gasteiger partial charge < -0.3 is 4.90 Å². The summed E-state index contributed by atoms with van der Waals surface area (Å²) in [6.45, 7) is 0. The van der Waals surface area contributed by atoms with E-state index in [9.17, 15) is 0 Å². The molecule has 0 atom stereocenters. The first-order valence-corrected chi connectivity index (χ1v) is 16.9. The summed E-state index contributed by atoms with van der Waals surface area (Å²) in [5.41, 5.74) is 10.7. The summed E-state index contributed by atoms with van der Waals surface area (Å²) in [5, 5.41) is 7.60. The Bertz CT molecular complexity index is 2560. The lowest BCUT2D eigenvalue weighted by atomic mass is 9.88. The molecule has 0 bridgehead atoms. The highest BCUT2D eigenvalue weighted by atomic mass is 15.1. The largest absolute Gasteiger partial charge is 0.311 e. The molecular weight excluding hydrogens is 591 g/mol. The Hall–Kier alpha value is -6.44. The smallest absolute Gasteiger partial charge is 0.0462 e. The van der Waals surface area contributed by atoms with Gasteiger partial charge in [0.25, 0.3) is 0 Å². The summed E-state index contributed by atoms with van der Waals surface area (Å²) in [5.74, 6) is 0. The van der Waals surface area contributed by atoms with E-state index < -0.39 is 0 Å². The van der Waals surface area contributed by atoms with Gasteiger partial charge in [0.2, 0.25) is 0 Å². The molecule has 0 fully saturated rings. The first kappa shape index (κ1) is 28.8. The van der Waals surface area contributed by atoms with E-state index in [0.717, 1.165) is 17.1 Å². The van der Waals surface area contributed by atoms with Gasteiger partial charge in [0.05, 0.1) is 0 Å². The van der Waals surface area contributed by atoms with Crippen LogP contribution in [-0.2, 0) is 0 Å². The summed E-state index contributed by atoms with van der Waals surface area (Å²) in [4.78, 5) is 2.34. The quantitative estimate of drug-likeness (QED) is 0.167. The number of fused-ring (bicyclic) bond motifs is 4. The van der Waals surface area contributed by atoms with Gasteiger partial charge in [0.1, 0.15) is 0 Å². The molecule has 0 N–H and O–H groups in total. The minimum absolute atomic E-state index is 1.11. The number of hydrogen-bond donors (Lipinski definition) is 0. The number of rotatable bonds is 6. The SMILES string of the molecule is c1ccc(-c2cccc3c2c(-c2ccc(N(c4ccccc4)c4ccc(-c5cccc6ccccc56)cc4)cc2)cc2ccccc23)cc1. The monoisotopic (exact) mass is 623 g/mol. The van der Waals surface area contributed by atoms with E-state index in [-0.39, 0.29) is 0 Å². The van der Waals surface area contributed by atoms with Crippen molar-refractivity contribution in [2.45, 2.75) is 0 Å². The second-order valence-electron chi connectivity index (χ2n) is 12.5. The van der Waals surface area contributed by atoms with Crippen LogP contribution in [0.1, 0.15) is 0 Å². The molecule has 49 heavy (non-hydrogen) atoms. The summed E-state index contributed by atoms with van der Waals surface area (Å²) in [7, 11) is 0. The topological polar surface area (TPSA) is 3.24 Å². The molecule has 0 aliphatic heterocycles. The van der Waals surface area contributed by atoms with Crippen molar-refractivity contribution in [2.75, 3.05) is 4.90 Å². The predicted molar refractivity (Wildman–Crippen MR) is 210 cm³/mol. The summed E-state index contributed by atoms with van der Waals surface area (Å²) in [6.07, 6.45) is 0. The van der Waals surface area contributed by atoms with Gasteiger partial charge in [-0.25, -0.2) is 0 Å². The zero-order valence-electron chi connectivity index (χ0n) is 27.0. The van der Waals surface area contributed by atoms with E-state index in [1.165, 1.54) is 65.7 Å². The van der Waals surface area contributed by atoms with Crippen molar-refractivity contribution in [3.05, 3.63) is 200 Å². The van der Waals surface area contributed by atoms with Crippen LogP contribution in [0.4, 0.5) is 17.1 Å². The third-order valence-corrected chi connectivity index (χ3v) is 9.65. The average Bonchev–Trinajstić information content (AvgIpc) is 3.18. The Morgan fingerprint density at radius 3 is 1.45 bits per heavy atom. The third-order valence-electron chi connectivity index (χ3n) is 9.65. The van der Waals surface area contributed by atoms with Gasteiger partial charge in [0.15, 0.2) is 0 Å². The van der Waals surface area contributed by atoms with E-state index in [0.29, 0.717) is 0 Å². The summed E-state index contributed by atoms with van der Waals surface area (Å²) >= 11 is 0. The molecule has 0 unspecified atom stereocenters. The zero-order valence-corrected chi connectivity index (χ0v) is 27.0. The molecule has 0 spiro atoms. The van der Waals surface area contributed by atoms with Crippen LogP contribution in [0.2, 0.25) is 0 Å². The fourth-order valence-corrected chi connectivity index (χ4v) is 7.33. The lowest BCUT2D eigenvalue weighted by molar-refractivity contribution is 1.28. The summed E-state index contributed by atoms with van der Waals surface area (Å²) < 4.78 is 0. The van der Waals surface area contributed by atoms with Gasteiger partial charge in [-0.15, -0.1) is 0 Å². The van der Waals surface area contributed by atoms with E-state index in [2.05, 4.69) is 205 Å². The van der Waals surface area contributed by atoms with Crippen molar-refractivity contribution >= 4 is 49.4 Å². The molecular formula is C48H33N. The maximum atomic E-state index is 2.36. The van der Waals surface area contributed by atoms with Crippen LogP contribution in [0, 0.1) is 0 Å². The maximum absolute atomic E-state index is 2.36. The van der Waals surface area contributed by atoms with Gasteiger partial charge >= 0.3 is 0 Å². The molecule has 1 heteroatoms. The first-order chi connectivity index (χ1) is 24.3. The lowest BCUT2D eigenvalue weighted by Crippen LogP contribution is -2.09. The molecule has 1 nitrogen and oxygen atoms in total. The number of anilines is 3. The number of hydrogen-bond acceptors (Lipinski definition) is 1. The van der Waals surface area contributed by atoms with Crippen LogP contribution in [0.15, 0.2) is 200 Å². The molecule has 9 aromatic carbocycles. The third kappa shape index (κ3) is 5.23. The average molecular weight is 624 g/mol. The van der Waals surface area contributed by atoms with Crippen LogP contribution in [0.3, 0.4) is 0 Å². The van der Waals surface area contributed by atoms with Gasteiger partial charge in [0, 0.05) is 17.1 Å². The highest BCUT2D eigenvalue weighted by Gasteiger charge is 2.16. The van der Waals surface area contributed by atoms with E-state index >= 15 is 0 Å². The fraction of sp³-hybridized carbons (Fsp3) is 0. The molecule has 0 aliphatic carbocycles. The Morgan fingerprint density at radius 2 is 0.735 bits per heavy atom. The Labute approximate surface area is 287 Å². The van der Waals surface area contributed by atoms with Crippen molar-refractivity contribution in [3.8, 4) is 33.4 Å². The molecule has 9 rings (SSSR count). The molecule has 9 aromatic rings. The molecule has 0 saturated heterocycles. The van der Waals surface area contributed by atoms with Crippen molar-refractivity contribution in [3.63, 3.8) is 0 Å². The standard InChI is InChI=1S/C48H33N/c1-3-13-35(14-4-1)45-23-12-24-46-44-21-10-8-16-38(44)33-47(48(45)46)37-27-31-41(32-28-37)49(39-18-5-2-6-19-39)40-29-25-36(26-30-40)43-22-11-17-34-15-7-9-20-42(34)43/h1-33H. The molecule has 0 saturated carbocycles. The van der Waals surface area contributed by atoms with Gasteiger partial charge in [-0.1, -0.05) is 158 Å². The fourth-order valence-electron chi connectivity index (χ4n) is 7.33. The Morgan fingerprint density at radius 1 is 0.265 bits per heavy atom. The second kappa shape index (κ2) is 12.3. The number of nitrogens with zero attached hydrogens (tertiary/aromatic N) is 1. The van der Waals surface area contributed by atoms with Gasteiger partial charge in [-0.05, 0) is 108 Å². The molecule has 0 radical (unpaired) electrons. The molecule has 0 amide bonds. The second-order valence-corrected chi connectivity index (χ2v) is 12.5. The lowest BCUT2D eigenvalue weighted by Gasteiger charge is -2.26. The van der Waals surface area contributed by atoms with E-state index in [1.807, 2.05) is 0 Å². The van der Waals surface area contributed by atoms with Gasteiger partial charge in [-0.3, -0.25) is 0 Å². The first-order valence-electron chi connectivity index (χ1n) is 16.9. The normalized spacial score (nSPS) is 11.3. The number of benzene rings is 9. The van der Waals surface area contributed by atoms with Crippen molar-refractivity contribution in [1.29, 1.82) is 0 Å². The Kier molecular flexibility index (Phi) is 7.22. The minimum atomic E-state index is 1.11. The van der Waals surface area contributed by atoms with Crippen molar-refractivity contribution in [1.82, 2.24) is 0 Å². The highest BCUT2D eigenvalue weighted by Crippen LogP contribution is 2.42. The Balaban J connectivity index is 1.16. The van der Waals surface area contributed by atoms with E-state index in [1.54, 1.807) is 0 Å². The summed E-state index contributed by atoms with van der Waals surface area (Å²) in [6, 6.07) is 72.3. The van der Waals surface area contributed by atoms with E-state index in [4.69, 9.17) is 0 Å². The minimum Gasteiger partial charge on any atom is -0.311 e. The molecule has 230 valence electrons. The highest BCUT2D eigenvalue weighted by molar-refractivity contribution is 6.18.